The van der Waals surface area contributed by atoms with E-state index in [1.165, 1.54) is 19.3 Å². The van der Waals surface area contributed by atoms with E-state index < -0.39 is 0 Å². The van der Waals surface area contributed by atoms with Crippen molar-refractivity contribution < 1.29 is 0 Å². The average Bonchev–Trinajstić information content (AvgIpc) is 2.75. The minimum atomic E-state index is 0.347. The van der Waals surface area contributed by atoms with E-state index in [9.17, 15) is 0 Å². The molecule has 0 saturated carbocycles. The predicted octanol–water partition coefficient (Wildman–Crippen LogP) is 2.71. The molecule has 4 heterocycles. The van der Waals surface area contributed by atoms with Gasteiger partial charge in [0.1, 0.15) is 11.6 Å². The summed E-state index contributed by atoms with van der Waals surface area (Å²) in [5.41, 5.74) is 0. The molecule has 7 nitrogen and oxygen atoms in total. The van der Waals surface area contributed by atoms with Crippen molar-refractivity contribution in [1.29, 1.82) is 0 Å². The van der Waals surface area contributed by atoms with Gasteiger partial charge in [-0.3, -0.25) is 0 Å². The molecule has 0 spiro atoms. The molecule has 0 amide bonds. The molecule has 0 aliphatic carbocycles. The fourth-order valence-electron chi connectivity index (χ4n) is 3.76. The normalized spacial score (nSPS) is 18.3. The number of anilines is 3. The number of hydrogen-bond donors (Lipinski definition) is 0. The zero-order valence-corrected chi connectivity index (χ0v) is 16.4. The van der Waals surface area contributed by atoms with Crippen molar-refractivity contribution >= 4 is 17.5 Å². The molecular weight excluding hydrogens is 338 g/mol. The molecule has 0 N–H and O–H groups in total. The topological polar surface area (TPSA) is 61.3 Å². The van der Waals surface area contributed by atoms with Crippen LogP contribution in [0.15, 0.2) is 24.4 Å². The fraction of sp³-hybridized carbons (Fsp3) is 0.600. The first-order valence-electron chi connectivity index (χ1n) is 10.1. The number of hydrogen-bond acceptors (Lipinski definition) is 7. The summed E-state index contributed by atoms with van der Waals surface area (Å²) >= 11 is 0. The third kappa shape index (κ3) is 4.12. The van der Waals surface area contributed by atoms with Gasteiger partial charge in [-0.1, -0.05) is 13.8 Å². The van der Waals surface area contributed by atoms with Crippen LogP contribution < -0.4 is 14.7 Å². The Balaban J connectivity index is 1.37. The highest BCUT2D eigenvalue weighted by molar-refractivity contribution is 5.47. The van der Waals surface area contributed by atoms with E-state index in [0.29, 0.717) is 5.92 Å². The van der Waals surface area contributed by atoms with Crippen LogP contribution in [0.5, 0.6) is 0 Å². The van der Waals surface area contributed by atoms with Gasteiger partial charge in [-0.25, -0.2) is 9.97 Å². The van der Waals surface area contributed by atoms with Crippen molar-refractivity contribution in [2.75, 3.05) is 54.0 Å². The molecule has 144 valence electrons. The molecule has 27 heavy (non-hydrogen) atoms. The quantitative estimate of drug-likeness (QED) is 0.823. The molecule has 0 aromatic carbocycles. The van der Waals surface area contributed by atoms with Gasteiger partial charge in [-0.2, -0.15) is 0 Å². The van der Waals surface area contributed by atoms with Crippen LogP contribution in [0.2, 0.25) is 0 Å². The standard InChI is InChI=1S/C20H29N7/c1-16(2)20-21-9-8-17(22-20)26-12-14-27(15-13-26)19-7-6-18(23-24-19)25-10-4-3-5-11-25/h6-9,16H,3-5,10-15H2,1-2H3. The Hall–Kier alpha value is -2.44. The lowest BCUT2D eigenvalue weighted by molar-refractivity contribution is 0.570. The first-order chi connectivity index (χ1) is 13.2. The highest BCUT2D eigenvalue weighted by atomic mass is 15.3. The zero-order valence-electron chi connectivity index (χ0n) is 16.4. The van der Waals surface area contributed by atoms with Crippen LogP contribution in [0.25, 0.3) is 0 Å². The van der Waals surface area contributed by atoms with E-state index in [1.54, 1.807) is 0 Å². The van der Waals surface area contributed by atoms with Crippen molar-refractivity contribution in [3.8, 4) is 0 Å². The van der Waals surface area contributed by atoms with Crippen LogP contribution in [0.1, 0.15) is 44.9 Å². The van der Waals surface area contributed by atoms with Crippen molar-refractivity contribution in [3.63, 3.8) is 0 Å². The number of aromatic nitrogens is 4. The van der Waals surface area contributed by atoms with E-state index in [1.807, 2.05) is 12.3 Å². The maximum Gasteiger partial charge on any atom is 0.151 e. The average molecular weight is 368 g/mol. The molecule has 0 radical (unpaired) electrons. The molecule has 2 aliphatic rings. The van der Waals surface area contributed by atoms with E-state index >= 15 is 0 Å². The lowest BCUT2D eigenvalue weighted by Crippen LogP contribution is -2.47. The first kappa shape index (κ1) is 17.9. The third-order valence-electron chi connectivity index (χ3n) is 5.42. The van der Waals surface area contributed by atoms with Gasteiger partial charge in [-0.05, 0) is 37.5 Å². The summed E-state index contributed by atoms with van der Waals surface area (Å²) in [6.07, 6.45) is 5.71. The summed E-state index contributed by atoms with van der Waals surface area (Å²) in [6.45, 7) is 10.2. The lowest BCUT2D eigenvalue weighted by atomic mass is 10.1. The molecule has 2 aromatic rings. The van der Waals surface area contributed by atoms with Gasteiger partial charge in [0.25, 0.3) is 0 Å². The summed E-state index contributed by atoms with van der Waals surface area (Å²) in [6, 6.07) is 6.25. The smallest absolute Gasteiger partial charge is 0.151 e. The zero-order chi connectivity index (χ0) is 18.6. The maximum absolute atomic E-state index is 4.72. The van der Waals surface area contributed by atoms with Gasteiger partial charge in [0.05, 0.1) is 0 Å². The third-order valence-corrected chi connectivity index (χ3v) is 5.42. The summed E-state index contributed by atoms with van der Waals surface area (Å²) in [4.78, 5) is 16.1. The van der Waals surface area contributed by atoms with Crippen LogP contribution >= 0.6 is 0 Å². The Morgan fingerprint density at radius 1 is 0.704 bits per heavy atom. The monoisotopic (exact) mass is 367 g/mol. The summed E-state index contributed by atoms with van der Waals surface area (Å²) in [5.74, 6) is 4.27. The van der Waals surface area contributed by atoms with Crippen LogP contribution in [0.3, 0.4) is 0 Å². The van der Waals surface area contributed by atoms with Gasteiger partial charge in [0, 0.05) is 51.4 Å². The van der Waals surface area contributed by atoms with E-state index in [4.69, 9.17) is 4.98 Å². The van der Waals surface area contributed by atoms with E-state index in [-0.39, 0.29) is 0 Å². The van der Waals surface area contributed by atoms with Gasteiger partial charge in [-0.15, -0.1) is 10.2 Å². The van der Waals surface area contributed by atoms with Gasteiger partial charge in [0.2, 0.25) is 0 Å². The Bertz CT molecular complexity index is 732. The van der Waals surface area contributed by atoms with Crippen LogP contribution in [-0.2, 0) is 0 Å². The molecule has 2 aromatic heterocycles. The number of piperazine rings is 1. The Kier molecular flexibility index (Phi) is 5.36. The molecule has 2 fully saturated rings. The first-order valence-corrected chi connectivity index (χ1v) is 10.1. The number of piperidine rings is 1. The van der Waals surface area contributed by atoms with Gasteiger partial charge < -0.3 is 14.7 Å². The van der Waals surface area contributed by atoms with E-state index in [0.717, 1.165) is 62.5 Å². The van der Waals surface area contributed by atoms with Gasteiger partial charge >= 0.3 is 0 Å². The predicted molar refractivity (Wildman–Crippen MR) is 109 cm³/mol. The van der Waals surface area contributed by atoms with Crippen LogP contribution in [-0.4, -0.2) is 59.4 Å². The second-order valence-electron chi connectivity index (χ2n) is 7.70. The van der Waals surface area contributed by atoms with Crippen molar-refractivity contribution in [3.05, 3.63) is 30.2 Å². The van der Waals surface area contributed by atoms with E-state index in [2.05, 4.69) is 55.9 Å². The number of nitrogens with zero attached hydrogens (tertiary/aromatic N) is 7. The Labute approximate surface area is 161 Å². The second kappa shape index (κ2) is 8.06. The molecule has 0 unspecified atom stereocenters. The van der Waals surface area contributed by atoms with Gasteiger partial charge in [0.15, 0.2) is 11.6 Å². The lowest BCUT2D eigenvalue weighted by Gasteiger charge is -2.36. The highest BCUT2D eigenvalue weighted by Crippen LogP contribution is 2.21. The van der Waals surface area contributed by atoms with Crippen molar-refractivity contribution in [1.82, 2.24) is 20.2 Å². The summed E-state index contributed by atoms with van der Waals surface area (Å²) in [5, 5.41) is 8.99. The van der Waals surface area contributed by atoms with Crippen LogP contribution in [0, 0.1) is 0 Å². The summed E-state index contributed by atoms with van der Waals surface area (Å²) < 4.78 is 0. The van der Waals surface area contributed by atoms with Crippen LogP contribution in [0.4, 0.5) is 17.5 Å². The SMILES string of the molecule is CC(C)c1nccc(N2CCN(c3ccc(N4CCCCC4)nn3)CC2)n1. The Morgan fingerprint density at radius 3 is 1.81 bits per heavy atom. The Morgan fingerprint density at radius 2 is 1.26 bits per heavy atom. The molecule has 2 aliphatic heterocycles. The molecule has 2 saturated heterocycles. The molecule has 0 bridgehead atoms. The minimum Gasteiger partial charge on any atom is -0.355 e. The largest absolute Gasteiger partial charge is 0.355 e. The van der Waals surface area contributed by atoms with Crippen molar-refractivity contribution in [2.24, 2.45) is 0 Å². The molecule has 4 rings (SSSR count). The van der Waals surface area contributed by atoms with Crippen molar-refractivity contribution in [2.45, 2.75) is 39.0 Å². The maximum atomic E-state index is 4.72. The highest BCUT2D eigenvalue weighted by Gasteiger charge is 2.21. The number of rotatable bonds is 4. The second-order valence-corrected chi connectivity index (χ2v) is 7.70. The molecule has 7 heteroatoms. The molecular formula is C20H29N7. The minimum absolute atomic E-state index is 0.347. The summed E-state index contributed by atoms with van der Waals surface area (Å²) in [7, 11) is 0. The fourth-order valence-corrected chi connectivity index (χ4v) is 3.76. The molecule has 0 atom stereocenters.